The third kappa shape index (κ3) is 4.07. The van der Waals surface area contributed by atoms with Gasteiger partial charge in [-0.1, -0.05) is 18.2 Å². The molecule has 0 bridgehead atoms. The second-order valence-corrected chi connectivity index (χ2v) is 9.58. The highest BCUT2D eigenvalue weighted by Crippen LogP contribution is 2.29. The number of nitrogens with one attached hydrogen (secondary N) is 2. The van der Waals surface area contributed by atoms with E-state index in [9.17, 15) is 18.3 Å². The van der Waals surface area contributed by atoms with Crippen LogP contribution in [0.3, 0.4) is 0 Å². The van der Waals surface area contributed by atoms with Gasteiger partial charge < -0.3 is 15.7 Å². The number of pyridine rings is 1. The van der Waals surface area contributed by atoms with Crippen LogP contribution in [0.15, 0.2) is 76.6 Å². The molecule has 1 aromatic carbocycles. The zero-order valence-corrected chi connectivity index (χ0v) is 18.0. The molecule has 10 heteroatoms. The molecule has 0 fully saturated rings. The first-order valence-corrected chi connectivity index (χ1v) is 11.6. The van der Waals surface area contributed by atoms with Gasteiger partial charge in [0.1, 0.15) is 21.5 Å². The summed E-state index contributed by atoms with van der Waals surface area (Å²) in [5.74, 6) is -0.326. The monoisotopic (exact) mass is 454 g/mol. The normalized spacial score (nSPS) is 15.5. The van der Waals surface area contributed by atoms with Gasteiger partial charge in [-0.15, -0.1) is 11.3 Å². The van der Waals surface area contributed by atoms with E-state index in [4.69, 9.17) is 0 Å². The van der Waals surface area contributed by atoms with Crippen LogP contribution >= 0.6 is 11.3 Å². The molecule has 3 heterocycles. The number of hydrogen-bond acceptors (Lipinski definition) is 8. The molecule has 4 rings (SSSR count). The van der Waals surface area contributed by atoms with Crippen molar-refractivity contribution in [2.45, 2.75) is 18.4 Å². The SMILES string of the molecule is C/C=C\C1=C(NCc2cnc(-c3ccc(O)cn3)s2)NC(=O)c2ccccc2S1(=O)=O. The van der Waals surface area contributed by atoms with Crippen LogP contribution < -0.4 is 10.6 Å². The Morgan fingerprint density at radius 3 is 2.71 bits per heavy atom. The molecular weight excluding hydrogens is 436 g/mol. The van der Waals surface area contributed by atoms with Gasteiger partial charge in [0.25, 0.3) is 5.91 Å². The first kappa shape index (κ1) is 20.8. The van der Waals surface area contributed by atoms with Gasteiger partial charge >= 0.3 is 0 Å². The Kier molecular flexibility index (Phi) is 5.57. The first-order chi connectivity index (χ1) is 14.9. The third-order valence-electron chi connectivity index (χ3n) is 4.47. The number of carbonyl (C=O) groups is 1. The number of carbonyl (C=O) groups excluding carboxylic acids is 1. The van der Waals surface area contributed by atoms with Crippen LogP contribution in [0.5, 0.6) is 5.75 Å². The maximum Gasteiger partial charge on any atom is 0.258 e. The fourth-order valence-corrected chi connectivity index (χ4v) is 5.52. The van der Waals surface area contributed by atoms with E-state index in [-0.39, 0.29) is 33.5 Å². The number of aromatic nitrogens is 2. The number of aromatic hydroxyl groups is 1. The van der Waals surface area contributed by atoms with Crippen molar-refractivity contribution in [3.63, 3.8) is 0 Å². The second-order valence-electron chi connectivity index (χ2n) is 6.58. The van der Waals surface area contributed by atoms with Gasteiger partial charge in [0.05, 0.1) is 28.9 Å². The molecule has 8 nitrogen and oxygen atoms in total. The Hall–Kier alpha value is -3.50. The Bertz CT molecular complexity index is 1310. The molecule has 0 saturated carbocycles. The second kappa shape index (κ2) is 8.32. The van der Waals surface area contributed by atoms with Crippen molar-refractivity contribution in [2.24, 2.45) is 0 Å². The van der Waals surface area contributed by atoms with E-state index in [1.165, 1.54) is 41.8 Å². The van der Waals surface area contributed by atoms with Crippen LogP contribution in [0.1, 0.15) is 22.2 Å². The molecular formula is C21H18N4O4S2. The lowest BCUT2D eigenvalue weighted by molar-refractivity contribution is 0.0960. The van der Waals surface area contributed by atoms with Gasteiger partial charge in [0.2, 0.25) is 9.84 Å². The van der Waals surface area contributed by atoms with Crippen LogP contribution in [0, 0.1) is 0 Å². The molecule has 3 N–H and O–H groups in total. The number of hydrogen-bond donors (Lipinski definition) is 3. The van der Waals surface area contributed by atoms with E-state index in [1.807, 2.05) is 0 Å². The van der Waals surface area contributed by atoms with Crippen LogP contribution in [-0.2, 0) is 16.4 Å². The minimum Gasteiger partial charge on any atom is -0.506 e. The summed E-state index contributed by atoms with van der Waals surface area (Å²) in [7, 11) is -3.91. The molecule has 0 unspecified atom stereocenters. The summed E-state index contributed by atoms with van der Waals surface area (Å²) in [6.45, 7) is 1.96. The quantitative estimate of drug-likeness (QED) is 0.542. The standard InChI is InChI=1S/C21H18N4O4S2/c1-2-5-18-19(25-20(27)15-6-3-4-7-17(15)31(18,28)29)23-11-14-12-24-21(30-14)16-9-8-13(26)10-22-16/h2-10,12,23,26H,11H2,1H3,(H,25,27)/b5-2-. The van der Waals surface area contributed by atoms with Gasteiger partial charge in [0.15, 0.2) is 0 Å². The topological polar surface area (TPSA) is 121 Å². The van der Waals surface area contributed by atoms with E-state index in [0.717, 1.165) is 4.88 Å². The van der Waals surface area contributed by atoms with Crippen LogP contribution in [-0.4, -0.2) is 29.4 Å². The van der Waals surface area contributed by atoms with E-state index < -0.39 is 15.7 Å². The molecule has 2 aromatic heterocycles. The lowest BCUT2D eigenvalue weighted by Gasteiger charge is -2.12. The van der Waals surface area contributed by atoms with Crippen molar-refractivity contribution in [1.29, 1.82) is 0 Å². The number of nitrogens with zero attached hydrogens (tertiary/aromatic N) is 2. The van der Waals surface area contributed by atoms with Crippen LogP contribution in [0.25, 0.3) is 10.7 Å². The fourth-order valence-electron chi connectivity index (χ4n) is 3.04. The molecule has 1 aliphatic heterocycles. The average Bonchev–Trinajstić information content (AvgIpc) is 3.21. The summed E-state index contributed by atoms with van der Waals surface area (Å²) >= 11 is 1.37. The van der Waals surface area contributed by atoms with Gasteiger partial charge in [-0.2, -0.15) is 0 Å². The fraction of sp³-hybridized carbons (Fsp3) is 0.0952. The number of benzene rings is 1. The number of sulfone groups is 1. The first-order valence-electron chi connectivity index (χ1n) is 9.26. The number of allylic oxidation sites excluding steroid dienone is 2. The molecule has 1 amide bonds. The third-order valence-corrected chi connectivity index (χ3v) is 7.35. The molecule has 0 radical (unpaired) electrons. The van der Waals surface area contributed by atoms with Crippen LogP contribution in [0.2, 0.25) is 0 Å². The van der Waals surface area contributed by atoms with Crippen molar-refractivity contribution in [3.05, 3.63) is 82.1 Å². The zero-order chi connectivity index (χ0) is 22.0. The summed E-state index contributed by atoms with van der Waals surface area (Å²) < 4.78 is 26.4. The van der Waals surface area contributed by atoms with Crippen LogP contribution in [0.4, 0.5) is 0 Å². The van der Waals surface area contributed by atoms with E-state index in [2.05, 4.69) is 20.6 Å². The minimum atomic E-state index is -3.91. The Labute approximate surface area is 182 Å². The number of rotatable bonds is 5. The van der Waals surface area contributed by atoms with Gasteiger partial charge in [-0.3, -0.25) is 4.79 Å². The molecule has 0 atom stereocenters. The number of thiazole rings is 1. The molecule has 0 spiro atoms. The van der Waals surface area contributed by atoms with Crippen molar-refractivity contribution >= 4 is 27.1 Å². The zero-order valence-electron chi connectivity index (χ0n) is 16.4. The summed E-state index contributed by atoms with van der Waals surface area (Å²) in [5.41, 5.74) is 0.712. The highest BCUT2D eigenvalue weighted by Gasteiger charge is 2.32. The van der Waals surface area contributed by atoms with Crippen molar-refractivity contribution < 1.29 is 18.3 Å². The molecule has 31 heavy (non-hydrogen) atoms. The lowest BCUT2D eigenvalue weighted by atomic mass is 10.2. The van der Waals surface area contributed by atoms with Gasteiger partial charge in [-0.25, -0.2) is 18.4 Å². The number of fused-ring (bicyclic) bond motifs is 1. The number of amides is 1. The average molecular weight is 455 g/mol. The molecule has 0 saturated heterocycles. The maximum absolute atomic E-state index is 13.2. The maximum atomic E-state index is 13.2. The molecule has 0 aliphatic carbocycles. The Balaban J connectivity index is 1.64. The summed E-state index contributed by atoms with van der Waals surface area (Å²) in [6, 6.07) is 9.31. The lowest BCUT2D eigenvalue weighted by Crippen LogP contribution is -2.31. The van der Waals surface area contributed by atoms with Crippen molar-refractivity contribution in [2.75, 3.05) is 0 Å². The Morgan fingerprint density at radius 2 is 1.97 bits per heavy atom. The van der Waals surface area contributed by atoms with E-state index in [0.29, 0.717) is 10.7 Å². The smallest absolute Gasteiger partial charge is 0.258 e. The highest BCUT2D eigenvalue weighted by molar-refractivity contribution is 7.95. The predicted octanol–water partition coefficient (Wildman–Crippen LogP) is 2.96. The van der Waals surface area contributed by atoms with Crippen molar-refractivity contribution in [1.82, 2.24) is 20.6 Å². The Morgan fingerprint density at radius 1 is 1.16 bits per heavy atom. The summed E-state index contributed by atoms with van der Waals surface area (Å²) in [6.07, 6.45) is 6.06. The molecule has 158 valence electrons. The summed E-state index contributed by atoms with van der Waals surface area (Å²) in [5, 5.41) is 15.7. The van der Waals surface area contributed by atoms with Gasteiger partial charge in [-0.05, 0) is 37.3 Å². The van der Waals surface area contributed by atoms with E-state index >= 15 is 0 Å². The highest BCUT2D eigenvalue weighted by atomic mass is 32.2. The van der Waals surface area contributed by atoms with Gasteiger partial charge in [0, 0.05) is 11.1 Å². The predicted molar refractivity (Wildman–Crippen MR) is 117 cm³/mol. The summed E-state index contributed by atoms with van der Waals surface area (Å²) in [4.78, 5) is 21.9. The van der Waals surface area contributed by atoms with E-state index in [1.54, 1.807) is 37.4 Å². The molecule has 3 aromatic rings. The van der Waals surface area contributed by atoms with Crippen molar-refractivity contribution in [3.8, 4) is 16.5 Å². The minimum absolute atomic E-state index is 0.0155. The largest absolute Gasteiger partial charge is 0.506 e. The molecule has 1 aliphatic rings.